The lowest BCUT2D eigenvalue weighted by Gasteiger charge is -2.26. The predicted molar refractivity (Wildman–Crippen MR) is 73.4 cm³/mol. The molecular formula is C14H21O4S. The molecule has 0 atom stereocenters. The molecule has 0 amide bonds. The highest BCUT2D eigenvalue weighted by Crippen LogP contribution is 2.39. The van der Waals surface area contributed by atoms with Crippen LogP contribution in [0.3, 0.4) is 0 Å². The van der Waals surface area contributed by atoms with Crippen molar-refractivity contribution in [3.05, 3.63) is 23.3 Å². The van der Waals surface area contributed by atoms with Crippen LogP contribution >= 0.6 is 0 Å². The first-order valence-electron chi connectivity index (χ1n) is 6.08. The second-order valence-electron chi connectivity index (χ2n) is 6.82. The molecule has 0 aromatic heterocycles. The van der Waals surface area contributed by atoms with E-state index in [1.807, 2.05) is 41.5 Å². The van der Waals surface area contributed by atoms with Gasteiger partial charge in [0, 0.05) is 5.56 Å². The van der Waals surface area contributed by atoms with Gasteiger partial charge in [0.05, 0.1) is 0 Å². The summed E-state index contributed by atoms with van der Waals surface area (Å²) in [5, 5.41) is 10.1. The molecule has 4 nitrogen and oxygen atoms in total. The fourth-order valence-electron chi connectivity index (χ4n) is 1.80. The molecule has 107 valence electrons. The van der Waals surface area contributed by atoms with Crippen LogP contribution in [0.25, 0.3) is 0 Å². The summed E-state index contributed by atoms with van der Waals surface area (Å²) < 4.78 is 33.9. The first-order chi connectivity index (χ1) is 8.24. The van der Waals surface area contributed by atoms with Gasteiger partial charge in [0.2, 0.25) is 0 Å². The van der Waals surface area contributed by atoms with Crippen LogP contribution in [-0.4, -0.2) is 13.5 Å². The molecule has 0 aliphatic rings. The van der Waals surface area contributed by atoms with E-state index in [0.717, 1.165) is 0 Å². The molecule has 0 spiro atoms. The van der Waals surface area contributed by atoms with Crippen molar-refractivity contribution in [1.29, 1.82) is 0 Å². The molecule has 5 heteroatoms. The summed E-state index contributed by atoms with van der Waals surface area (Å²) in [4.78, 5) is -0.537. The minimum absolute atomic E-state index is 0.312. The minimum atomic E-state index is -4.70. The Bertz CT molecular complexity index is 587. The van der Waals surface area contributed by atoms with E-state index in [1.165, 1.54) is 6.07 Å². The Hall–Kier alpha value is -1.07. The molecule has 1 radical (unpaired) electrons. The van der Waals surface area contributed by atoms with Crippen molar-refractivity contribution >= 4 is 10.1 Å². The average molecular weight is 285 g/mol. The van der Waals surface area contributed by atoms with Gasteiger partial charge in [-0.1, -0.05) is 52.2 Å². The summed E-state index contributed by atoms with van der Waals surface area (Å²) in [5.74, 6) is -0.435. The van der Waals surface area contributed by atoms with E-state index in [4.69, 9.17) is 0 Å². The van der Waals surface area contributed by atoms with Crippen LogP contribution < -0.4 is 0 Å². The zero-order valence-electron chi connectivity index (χ0n) is 12.2. The molecule has 0 heterocycles. The molecule has 1 rings (SSSR count). The maximum absolute atomic E-state index is 11.3. The average Bonchev–Trinajstić information content (AvgIpc) is 2.11. The maximum Gasteiger partial charge on any atom is 0.327 e. The third-order valence-electron chi connectivity index (χ3n) is 3.02. The van der Waals surface area contributed by atoms with Crippen molar-refractivity contribution in [1.82, 2.24) is 0 Å². The van der Waals surface area contributed by atoms with Crippen molar-refractivity contribution in [3.63, 3.8) is 0 Å². The standard InChI is InChI=1S/C14H21O4S/c1-13(2,3)9-7-10(14(4,5)6)12(15)11(8-9)19(16,17)18/h7-8,15H,1-6H3. The van der Waals surface area contributed by atoms with E-state index in [0.29, 0.717) is 11.1 Å². The van der Waals surface area contributed by atoms with Gasteiger partial charge >= 0.3 is 10.1 Å². The van der Waals surface area contributed by atoms with Crippen LogP contribution in [0.4, 0.5) is 0 Å². The fourth-order valence-corrected chi connectivity index (χ4v) is 2.42. The summed E-state index contributed by atoms with van der Waals surface area (Å²) in [7, 11) is -4.70. The Kier molecular flexibility index (Phi) is 3.78. The number of rotatable bonds is 1. The molecule has 0 saturated carbocycles. The van der Waals surface area contributed by atoms with Crippen molar-refractivity contribution < 1.29 is 18.1 Å². The zero-order chi connectivity index (χ0) is 15.2. The number of benzene rings is 1. The van der Waals surface area contributed by atoms with Gasteiger partial charge in [-0.2, -0.15) is 8.42 Å². The quantitative estimate of drug-likeness (QED) is 0.861. The van der Waals surface area contributed by atoms with E-state index in [9.17, 15) is 18.1 Å². The molecule has 0 unspecified atom stereocenters. The molecule has 0 saturated heterocycles. The van der Waals surface area contributed by atoms with Gasteiger partial charge in [-0.25, -0.2) is 0 Å². The molecular weight excluding hydrogens is 264 g/mol. The van der Waals surface area contributed by atoms with Crippen molar-refractivity contribution in [2.24, 2.45) is 0 Å². The number of phenols is 1. The Morgan fingerprint density at radius 1 is 0.947 bits per heavy atom. The van der Waals surface area contributed by atoms with Gasteiger partial charge in [0.1, 0.15) is 10.6 Å². The van der Waals surface area contributed by atoms with Crippen LogP contribution in [0.1, 0.15) is 52.7 Å². The number of aromatic hydroxyl groups is 1. The summed E-state index contributed by atoms with van der Waals surface area (Å²) in [5.41, 5.74) is 0.414. The molecule has 0 aliphatic carbocycles. The molecule has 0 bridgehead atoms. The normalized spacial score (nSPS) is 13.6. The third-order valence-corrected chi connectivity index (χ3v) is 3.87. The van der Waals surface area contributed by atoms with Gasteiger partial charge in [0.25, 0.3) is 0 Å². The molecule has 1 aromatic rings. The van der Waals surface area contributed by atoms with Crippen LogP contribution in [0.5, 0.6) is 5.75 Å². The molecule has 1 N–H and O–H groups in total. The van der Waals surface area contributed by atoms with E-state index >= 15 is 0 Å². The summed E-state index contributed by atoms with van der Waals surface area (Å²) in [6, 6.07) is 3.04. The second kappa shape index (κ2) is 4.49. The van der Waals surface area contributed by atoms with E-state index in [2.05, 4.69) is 0 Å². The topological polar surface area (TPSA) is 74.3 Å². The van der Waals surface area contributed by atoms with Crippen LogP contribution in [0.15, 0.2) is 17.0 Å². The van der Waals surface area contributed by atoms with Crippen LogP contribution in [0.2, 0.25) is 0 Å². The number of hydrogen-bond donors (Lipinski definition) is 1. The number of phenolic OH excluding ortho intramolecular Hbond substituents is 1. The number of hydrogen-bond acceptors (Lipinski definition) is 3. The summed E-state index contributed by atoms with van der Waals surface area (Å²) in [6.07, 6.45) is 0. The van der Waals surface area contributed by atoms with Crippen molar-refractivity contribution in [3.8, 4) is 5.75 Å². The van der Waals surface area contributed by atoms with Gasteiger partial charge in [-0.3, -0.25) is 0 Å². The highest BCUT2D eigenvalue weighted by Gasteiger charge is 2.29. The van der Waals surface area contributed by atoms with Crippen LogP contribution in [-0.2, 0) is 25.5 Å². The lowest BCUT2D eigenvalue weighted by molar-refractivity contribution is 0.395. The Morgan fingerprint density at radius 3 is 1.74 bits per heavy atom. The summed E-state index contributed by atoms with van der Waals surface area (Å²) in [6.45, 7) is 11.3. The zero-order valence-corrected chi connectivity index (χ0v) is 13.1. The molecule has 0 aliphatic heterocycles. The highest BCUT2D eigenvalue weighted by molar-refractivity contribution is 7.85. The maximum atomic E-state index is 11.3. The molecule has 1 aromatic carbocycles. The smallest absolute Gasteiger partial charge is 0.327 e. The SMILES string of the molecule is CC(C)(C)c1cc(C(C)(C)C)c(O)c(S([O])(=O)=O)c1. The first-order valence-corrected chi connectivity index (χ1v) is 7.49. The lowest BCUT2D eigenvalue weighted by atomic mass is 9.80. The first kappa shape index (κ1) is 16.0. The summed E-state index contributed by atoms with van der Waals surface area (Å²) >= 11 is 0. The highest BCUT2D eigenvalue weighted by atomic mass is 32.2. The largest absolute Gasteiger partial charge is 0.506 e. The van der Waals surface area contributed by atoms with E-state index < -0.39 is 26.2 Å². The van der Waals surface area contributed by atoms with Gasteiger partial charge in [-0.05, 0) is 22.5 Å². The van der Waals surface area contributed by atoms with E-state index in [1.54, 1.807) is 6.07 Å². The third kappa shape index (κ3) is 3.48. The Morgan fingerprint density at radius 2 is 1.42 bits per heavy atom. The van der Waals surface area contributed by atoms with Crippen LogP contribution in [0, 0.1) is 0 Å². The monoisotopic (exact) mass is 285 g/mol. The van der Waals surface area contributed by atoms with Gasteiger partial charge in [-0.15, -0.1) is 0 Å². The minimum Gasteiger partial charge on any atom is -0.506 e. The van der Waals surface area contributed by atoms with Crippen molar-refractivity contribution in [2.75, 3.05) is 0 Å². The molecule has 0 fully saturated rings. The van der Waals surface area contributed by atoms with Gasteiger partial charge in [0.15, 0.2) is 0 Å². The fraction of sp³-hybridized carbons (Fsp3) is 0.571. The predicted octanol–water partition coefficient (Wildman–Crippen LogP) is 3.11. The van der Waals surface area contributed by atoms with E-state index in [-0.39, 0.29) is 5.41 Å². The molecule has 19 heavy (non-hydrogen) atoms. The Balaban J connectivity index is 3.78. The lowest BCUT2D eigenvalue weighted by Crippen LogP contribution is -2.18. The van der Waals surface area contributed by atoms with Gasteiger partial charge < -0.3 is 5.11 Å². The Labute approximate surface area is 115 Å². The van der Waals surface area contributed by atoms with Crippen molar-refractivity contribution in [2.45, 2.75) is 57.3 Å². The second-order valence-corrected chi connectivity index (χ2v) is 8.17.